The van der Waals surface area contributed by atoms with Gasteiger partial charge >= 0.3 is 0 Å². The topological polar surface area (TPSA) is 48.1 Å². The van der Waals surface area contributed by atoms with Gasteiger partial charge in [0.25, 0.3) is 0 Å². The molecule has 2 N–H and O–H groups in total. The van der Waals surface area contributed by atoms with E-state index >= 15 is 0 Å². The number of fused-ring (bicyclic) bond motifs is 1. The number of nitrogens with zero attached hydrogens (tertiary/aromatic N) is 1. The van der Waals surface area contributed by atoms with E-state index in [1.54, 1.807) is 0 Å². The number of hydrogen-bond acceptors (Lipinski definition) is 3. The van der Waals surface area contributed by atoms with Crippen LogP contribution in [0, 0.1) is 0 Å². The van der Waals surface area contributed by atoms with Crippen molar-refractivity contribution in [3.8, 4) is 5.88 Å². The Morgan fingerprint density at radius 3 is 2.89 bits per heavy atom. The molecule has 0 amide bonds. The van der Waals surface area contributed by atoms with Crippen molar-refractivity contribution in [3.05, 3.63) is 22.9 Å². The van der Waals surface area contributed by atoms with E-state index in [0.29, 0.717) is 10.9 Å². The minimum Gasteiger partial charge on any atom is -0.474 e. The third-order valence-electron chi connectivity index (χ3n) is 3.42. The van der Waals surface area contributed by atoms with Crippen LogP contribution in [0.1, 0.15) is 49.9 Å². The summed E-state index contributed by atoms with van der Waals surface area (Å²) in [4.78, 5) is 5.00. The standard InChI is InChI=1S/C14H20N2OS/c1-3-9(2)17-14-11(13(15)18)8-10-6-4-5-7-12(10)16-14/h8-9H,3-7H2,1-2H3,(H2,15,18). The van der Waals surface area contributed by atoms with Gasteiger partial charge in [0.2, 0.25) is 5.88 Å². The van der Waals surface area contributed by atoms with E-state index in [2.05, 4.69) is 18.0 Å². The molecule has 18 heavy (non-hydrogen) atoms. The van der Waals surface area contributed by atoms with Gasteiger partial charge in [-0.25, -0.2) is 4.98 Å². The van der Waals surface area contributed by atoms with Crippen molar-refractivity contribution in [1.29, 1.82) is 0 Å². The highest BCUT2D eigenvalue weighted by atomic mass is 32.1. The summed E-state index contributed by atoms with van der Waals surface area (Å²) >= 11 is 5.10. The van der Waals surface area contributed by atoms with Gasteiger partial charge in [0, 0.05) is 5.69 Å². The largest absolute Gasteiger partial charge is 0.474 e. The van der Waals surface area contributed by atoms with Crippen molar-refractivity contribution in [2.75, 3.05) is 0 Å². The molecule has 1 unspecified atom stereocenters. The van der Waals surface area contributed by atoms with Crippen molar-refractivity contribution in [1.82, 2.24) is 4.98 Å². The average Bonchev–Trinajstić information content (AvgIpc) is 2.37. The molecule has 0 aromatic carbocycles. The molecule has 3 nitrogen and oxygen atoms in total. The van der Waals surface area contributed by atoms with E-state index in [0.717, 1.165) is 30.5 Å². The Balaban J connectivity index is 2.39. The van der Waals surface area contributed by atoms with E-state index in [4.69, 9.17) is 22.7 Å². The molecule has 1 heterocycles. The van der Waals surface area contributed by atoms with E-state index in [1.165, 1.54) is 18.4 Å². The quantitative estimate of drug-likeness (QED) is 0.850. The average molecular weight is 264 g/mol. The Morgan fingerprint density at radius 1 is 1.50 bits per heavy atom. The molecule has 0 spiro atoms. The lowest BCUT2D eigenvalue weighted by molar-refractivity contribution is 0.207. The second kappa shape index (κ2) is 5.65. The van der Waals surface area contributed by atoms with E-state index in [-0.39, 0.29) is 6.10 Å². The van der Waals surface area contributed by atoms with E-state index in [1.807, 2.05) is 6.92 Å². The molecule has 0 bridgehead atoms. The predicted octanol–water partition coefficient (Wildman–Crippen LogP) is 2.77. The van der Waals surface area contributed by atoms with Crippen LogP contribution < -0.4 is 10.5 Å². The van der Waals surface area contributed by atoms with Crippen LogP contribution in [-0.2, 0) is 12.8 Å². The summed E-state index contributed by atoms with van der Waals surface area (Å²) in [7, 11) is 0. The van der Waals surface area contributed by atoms with Gasteiger partial charge in [-0.05, 0) is 50.7 Å². The lowest BCUT2D eigenvalue weighted by Gasteiger charge is -2.20. The SMILES string of the molecule is CCC(C)Oc1nc2c(cc1C(N)=S)CCCC2. The lowest BCUT2D eigenvalue weighted by Crippen LogP contribution is -2.19. The summed E-state index contributed by atoms with van der Waals surface area (Å²) in [6.45, 7) is 4.12. The molecule has 0 saturated carbocycles. The fourth-order valence-electron chi connectivity index (χ4n) is 2.15. The maximum Gasteiger partial charge on any atom is 0.224 e. The Labute approximate surface area is 114 Å². The molecule has 1 aromatic heterocycles. The number of pyridine rings is 1. The number of aromatic nitrogens is 1. The van der Waals surface area contributed by atoms with Gasteiger partial charge in [-0.15, -0.1) is 0 Å². The first-order valence-electron chi connectivity index (χ1n) is 6.61. The molecule has 0 aliphatic heterocycles. The number of aryl methyl sites for hydroxylation is 2. The first-order valence-corrected chi connectivity index (χ1v) is 7.02. The monoisotopic (exact) mass is 264 g/mol. The first kappa shape index (κ1) is 13.3. The van der Waals surface area contributed by atoms with Crippen LogP contribution in [0.5, 0.6) is 5.88 Å². The van der Waals surface area contributed by atoms with Gasteiger partial charge in [0.1, 0.15) is 4.99 Å². The van der Waals surface area contributed by atoms with Gasteiger partial charge in [-0.2, -0.15) is 0 Å². The first-order chi connectivity index (χ1) is 8.61. The van der Waals surface area contributed by atoms with Crippen LogP contribution in [-0.4, -0.2) is 16.1 Å². The molecule has 0 radical (unpaired) electrons. The normalized spacial score (nSPS) is 15.9. The third-order valence-corrected chi connectivity index (χ3v) is 3.64. The summed E-state index contributed by atoms with van der Waals surface area (Å²) in [5.74, 6) is 0.609. The summed E-state index contributed by atoms with van der Waals surface area (Å²) in [6, 6.07) is 2.07. The van der Waals surface area contributed by atoms with Crippen molar-refractivity contribution in [2.24, 2.45) is 5.73 Å². The zero-order chi connectivity index (χ0) is 13.1. The number of ether oxygens (including phenoxy) is 1. The number of rotatable bonds is 4. The summed E-state index contributed by atoms with van der Waals surface area (Å²) < 4.78 is 5.84. The Hall–Kier alpha value is -1.16. The van der Waals surface area contributed by atoms with Crippen molar-refractivity contribution >= 4 is 17.2 Å². The molecule has 98 valence electrons. The molecule has 1 atom stereocenters. The Bertz CT molecular complexity index is 459. The lowest BCUT2D eigenvalue weighted by atomic mass is 9.95. The predicted molar refractivity (Wildman–Crippen MR) is 77.1 cm³/mol. The van der Waals surface area contributed by atoms with Crippen LogP contribution in [0.2, 0.25) is 0 Å². The molecule has 0 fully saturated rings. The molecule has 1 aromatic rings. The Morgan fingerprint density at radius 2 is 2.22 bits per heavy atom. The van der Waals surface area contributed by atoms with Crippen LogP contribution in [0.4, 0.5) is 0 Å². The molecule has 2 rings (SSSR count). The summed E-state index contributed by atoms with van der Waals surface area (Å²) in [6.07, 6.45) is 5.60. The maximum absolute atomic E-state index is 5.84. The zero-order valence-electron chi connectivity index (χ0n) is 11.0. The van der Waals surface area contributed by atoms with Crippen molar-refractivity contribution in [3.63, 3.8) is 0 Å². The van der Waals surface area contributed by atoms with Crippen LogP contribution in [0.15, 0.2) is 6.07 Å². The van der Waals surface area contributed by atoms with Crippen LogP contribution in [0.25, 0.3) is 0 Å². The molecular formula is C14H20N2OS. The minimum absolute atomic E-state index is 0.132. The van der Waals surface area contributed by atoms with Gasteiger partial charge in [0.15, 0.2) is 0 Å². The number of nitrogens with two attached hydrogens (primary N) is 1. The van der Waals surface area contributed by atoms with Crippen LogP contribution in [0.3, 0.4) is 0 Å². The molecule has 0 saturated heterocycles. The third kappa shape index (κ3) is 2.80. The maximum atomic E-state index is 5.84. The fourth-order valence-corrected chi connectivity index (χ4v) is 2.30. The highest BCUT2D eigenvalue weighted by Crippen LogP contribution is 2.26. The molecule has 1 aliphatic rings. The summed E-state index contributed by atoms with van der Waals surface area (Å²) in [5, 5.41) is 0. The van der Waals surface area contributed by atoms with Gasteiger partial charge in [0.05, 0.1) is 11.7 Å². The number of thiocarbonyl (C=S) groups is 1. The zero-order valence-corrected chi connectivity index (χ0v) is 11.8. The smallest absolute Gasteiger partial charge is 0.224 e. The van der Waals surface area contributed by atoms with Gasteiger partial charge in [-0.3, -0.25) is 0 Å². The van der Waals surface area contributed by atoms with E-state index in [9.17, 15) is 0 Å². The van der Waals surface area contributed by atoms with Crippen molar-refractivity contribution in [2.45, 2.75) is 52.1 Å². The fraction of sp³-hybridized carbons (Fsp3) is 0.571. The molecule has 4 heteroatoms. The second-order valence-electron chi connectivity index (χ2n) is 4.85. The summed E-state index contributed by atoms with van der Waals surface area (Å²) in [5.41, 5.74) is 8.99. The highest BCUT2D eigenvalue weighted by Gasteiger charge is 2.18. The van der Waals surface area contributed by atoms with Crippen molar-refractivity contribution < 1.29 is 4.74 Å². The highest BCUT2D eigenvalue weighted by molar-refractivity contribution is 7.80. The second-order valence-corrected chi connectivity index (χ2v) is 5.29. The number of hydrogen-bond donors (Lipinski definition) is 1. The molecule has 1 aliphatic carbocycles. The van der Waals surface area contributed by atoms with Gasteiger partial charge in [-0.1, -0.05) is 19.1 Å². The Kier molecular flexibility index (Phi) is 4.17. The van der Waals surface area contributed by atoms with Crippen LogP contribution >= 0.6 is 12.2 Å². The van der Waals surface area contributed by atoms with Gasteiger partial charge < -0.3 is 10.5 Å². The van der Waals surface area contributed by atoms with E-state index < -0.39 is 0 Å². The minimum atomic E-state index is 0.132. The molecular weight excluding hydrogens is 244 g/mol.